The van der Waals surface area contributed by atoms with Crippen molar-refractivity contribution in [3.63, 3.8) is 0 Å². The Labute approximate surface area is 144 Å². The molecule has 0 aliphatic carbocycles. The van der Waals surface area contributed by atoms with E-state index in [9.17, 15) is 4.39 Å². The van der Waals surface area contributed by atoms with Crippen molar-refractivity contribution in [2.75, 3.05) is 18.0 Å². The molecule has 0 saturated carbocycles. The van der Waals surface area contributed by atoms with Crippen molar-refractivity contribution in [1.82, 2.24) is 19.6 Å². The Morgan fingerprint density at radius 3 is 2.71 bits per heavy atom. The molecule has 5 nitrogen and oxygen atoms in total. The molecule has 1 aromatic carbocycles. The molecule has 3 heterocycles. The molecular weight excluding hydrogens is 329 g/mol. The molecule has 124 valence electrons. The topological polar surface area (TPSA) is 46.3 Å². The van der Waals surface area contributed by atoms with E-state index in [2.05, 4.69) is 20.0 Å². The van der Waals surface area contributed by atoms with Crippen LogP contribution in [0.25, 0.3) is 16.9 Å². The standard InChI is InChI=1S/C17H17ClFN5/c1-11-5-6-12(13(19)9-11)14-15(18)22-17-20-10-21-24(17)16(14)23-7-3-2-4-8-23/h5-6,9-10H,2-4,7-8H2,1H3. The highest BCUT2D eigenvalue weighted by Crippen LogP contribution is 2.38. The monoisotopic (exact) mass is 345 g/mol. The molecule has 1 saturated heterocycles. The van der Waals surface area contributed by atoms with E-state index in [0.717, 1.165) is 37.3 Å². The molecule has 1 fully saturated rings. The minimum Gasteiger partial charge on any atom is -0.356 e. The largest absolute Gasteiger partial charge is 0.356 e. The minimum absolute atomic E-state index is 0.249. The molecule has 0 bridgehead atoms. The number of halogens is 2. The van der Waals surface area contributed by atoms with Crippen LogP contribution < -0.4 is 4.90 Å². The molecule has 0 amide bonds. The zero-order chi connectivity index (χ0) is 16.7. The number of piperidine rings is 1. The fraction of sp³-hybridized carbons (Fsp3) is 0.353. The Balaban J connectivity index is 2.01. The van der Waals surface area contributed by atoms with E-state index in [1.807, 2.05) is 13.0 Å². The Morgan fingerprint density at radius 1 is 1.17 bits per heavy atom. The molecule has 0 spiro atoms. The van der Waals surface area contributed by atoms with Gasteiger partial charge in [-0.2, -0.15) is 19.6 Å². The van der Waals surface area contributed by atoms with E-state index in [1.54, 1.807) is 10.6 Å². The summed E-state index contributed by atoms with van der Waals surface area (Å²) in [7, 11) is 0. The summed E-state index contributed by atoms with van der Waals surface area (Å²) in [5, 5.41) is 4.54. The van der Waals surface area contributed by atoms with Crippen LogP contribution in [-0.4, -0.2) is 32.7 Å². The molecule has 0 N–H and O–H groups in total. The lowest BCUT2D eigenvalue weighted by molar-refractivity contribution is 0.568. The lowest BCUT2D eigenvalue weighted by Crippen LogP contribution is -2.32. The Bertz CT molecular complexity index is 901. The molecule has 24 heavy (non-hydrogen) atoms. The van der Waals surface area contributed by atoms with Gasteiger partial charge in [0, 0.05) is 18.7 Å². The fourth-order valence-corrected chi connectivity index (χ4v) is 3.52. The first kappa shape index (κ1) is 15.3. The summed E-state index contributed by atoms with van der Waals surface area (Å²) in [5.74, 6) is 0.887. The number of hydrogen-bond donors (Lipinski definition) is 0. The van der Waals surface area contributed by atoms with Crippen molar-refractivity contribution in [3.05, 3.63) is 41.1 Å². The Morgan fingerprint density at radius 2 is 1.96 bits per heavy atom. The molecule has 1 aliphatic rings. The Kier molecular flexibility index (Phi) is 3.84. The van der Waals surface area contributed by atoms with Crippen LogP contribution in [0.15, 0.2) is 24.5 Å². The number of hydrogen-bond acceptors (Lipinski definition) is 4. The maximum atomic E-state index is 14.6. The summed E-state index contributed by atoms with van der Waals surface area (Å²) in [6.45, 7) is 3.63. The van der Waals surface area contributed by atoms with Gasteiger partial charge < -0.3 is 4.90 Å². The molecule has 2 aromatic heterocycles. The number of nitrogens with zero attached hydrogens (tertiary/aromatic N) is 5. The van der Waals surface area contributed by atoms with Gasteiger partial charge in [0.25, 0.3) is 5.78 Å². The first-order chi connectivity index (χ1) is 11.6. The quantitative estimate of drug-likeness (QED) is 0.661. The number of anilines is 1. The van der Waals surface area contributed by atoms with Crippen LogP contribution in [0.2, 0.25) is 5.15 Å². The summed E-state index contributed by atoms with van der Waals surface area (Å²) in [6.07, 6.45) is 4.82. The molecule has 7 heteroatoms. The second-order valence-corrected chi connectivity index (χ2v) is 6.46. The van der Waals surface area contributed by atoms with Gasteiger partial charge in [-0.05, 0) is 37.8 Å². The molecule has 0 radical (unpaired) electrons. The second-order valence-electron chi connectivity index (χ2n) is 6.10. The maximum Gasteiger partial charge on any atom is 0.255 e. The molecule has 3 aromatic rings. The van der Waals surface area contributed by atoms with E-state index in [1.165, 1.54) is 18.8 Å². The van der Waals surface area contributed by atoms with Gasteiger partial charge in [0.05, 0.1) is 5.56 Å². The van der Waals surface area contributed by atoms with Crippen LogP contribution in [0.1, 0.15) is 24.8 Å². The highest BCUT2D eigenvalue weighted by atomic mass is 35.5. The van der Waals surface area contributed by atoms with Gasteiger partial charge >= 0.3 is 0 Å². The average molecular weight is 346 g/mol. The first-order valence-corrected chi connectivity index (χ1v) is 8.43. The first-order valence-electron chi connectivity index (χ1n) is 8.06. The van der Waals surface area contributed by atoms with E-state index in [4.69, 9.17) is 11.6 Å². The van der Waals surface area contributed by atoms with Crippen LogP contribution in [0.5, 0.6) is 0 Å². The van der Waals surface area contributed by atoms with Crippen molar-refractivity contribution in [1.29, 1.82) is 0 Å². The molecule has 0 atom stereocenters. The van der Waals surface area contributed by atoms with Crippen LogP contribution in [0.3, 0.4) is 0 Å². The lowest BCUT2D eigenvalue weighted by atomic mass is 10.0. The smallest absolute Gasteiger partial charge is 0.255 e. The molecule has 0 unspecified atom stereocenters. The van der Waals surface area contributed by atoms with E-state index < -0.39 is 0 Å². The van der Waals surface area contributed by atoms with E-state index in [0.29, 0.717) is 16.9 Å². The van der Waals surface area contributed by atoms with Gasteiger partial charge in [0.15, 0.2) is 0 Å². The Hall–Kier alpha value is -2.21. The third-order valence-corrected chi connectivity index (χ3v) is 4.68. The highest BCUT2D eigenvalue weighted by molar-refractivity contribution is 6.33. The normalized spacial score (nSPS) is 15.2. The van der Waals surface area contributed by atoms with Gasteiger partial charge in [0.2, 0.25) is 0 Å². The number of aryl methyl sites for hydroxylation is 1. The van der Waals surface area contributed by atoms with Crippen LogP contribution in [0.4, 0.5) is 10.2 Å². The van der Waals surface area contributed by atoms with Crippen LogP contribution >= 0.6 is 11.6 Å². The summed E-state index contributed by atoms with van der Waals surface area (Å²) in [6, 6.07) is 5.14. The zero-order valence-electron chi connectivity index (χ0n) is 13.3. The number of aromatic nitrogens is 4. The van der Waals surface area contributed by atoms with Gasteiger partial charge in [0.1, 0.15) is 23.1 Å². The van der Waals surface area contributed by atoms with E-state index >= 15 is 0 Å². The van der Waals surface area contributed by atoms with Gasteiger partial charge in [-0.25, -0.2) is 4.39 Å². The third kappa shape index (κ3) is 2.51. The average Bonchev–Trinajstić information content (AvgIpc) is 3.03. The molecule has 1 aliphatic heterocycles. The van der Waals surface area contributed by atoms with Crippen LogP contribution in [-0.2, 0) is 0 Å². The van der Waals surface area contributed by atoms with Gasteiger partial charge in [-0.15, -0.1) is 0 Å². The summed E-state index contributed by atoms with van der Waals surface area (Å²) in [5.41, 5.74) is 1.88. The number of fused-ring (bicyclic) bond motifs is 1. The van der Waals surface area contributed by atoms with Crippen molar-refractivity contribution in [2.24, 2.45) is 0 Å². The van der Waals surface area contributed by atoms with Gasteiger partial charge in [-0.3, -0.25) is 0 Å². The highest BCUT2D eigenvalue weighted by Gasteiger charge is 2.25. The van der Waals surface area contributed by atoms with Crippen molar-refractivity contribution in [2.45, 2.75) is 26.2 Å². The number of rotatable bonds is 2. The molecule has 4 rings (SSSR count). The maximum absolute atomic E-state index is 14.6. The summed E-state index contributed by atoms with van der Waals surface area (Å²) in [4.78, 5) is 10.6. The van der Waals surface area contributed by atoms with Crippen molar-refractivity contribution in [3.8, 4) is 11.1 Å². The SMILES string of the molecule is Cc1ccc(-c2c(Cl)nc3ncnn3c2N2CCCCC2)c(F)c1. The van der Waals surface area contributed by atoms with Crippen LogP contribution in [0, 0.1) is 12.7 Å². The van der Waals surface area contributed by atoms with Crippen molar-refractivity contribution < 1.29 is 4.39 Å². The predicted molar refractivity (Wildman–Crippen MR) is 92.0 cm³/mol. The van der Waals surface area contributed by atoms with Crippen molar-refractivity contribution >= 4 is 23.2 Å². The summed E-state index contributed by atoms with van der Waals surface area (Å²) < 4.78 is 16.3. The fourth-order valence-electron chi connectivity index (χ4n) is 3.26. The zero-order valence-corrected chi connectivity index (χ0v) is 14.1. The minimum atomic E-state index is -0.309. The lowest BCUT2D eigenvalue weighted by Gasteiger charge is -2.30. The predicted octanol–water partition coefficient (Wildman–Crippen LogP) is 3.88. The van der Waals surface area contributed by atoms with E-state index in [-0.39, 0.29) is 11.0 Å². The summed E-state index contributed by atoms with van der Waals surface area (Å²) >= 11 is 6.45. The third-order valence-electron chi connectivity index (χ3n) is 4.41. The van der Waals surface area contributed by atoms with Gasteiger partial charge in [-0.1, -0.05) is 23.7 Å². The second kappa shape index (κ2) is 6.02. The molecular formula is C17H17ClFN5. The number of benzene rings is 1.